The minimum Gasteiger partial charge on any atom is -0.498 e. The molecule has 3 aromatic carbocycles. The molecular weight excluding hydrogens is 579 g/mol. The maximum Gasteiger partial charge on any atom is 0.231 e. The molecule has 1 aliphatic carbocycles. The Hall–Kier alpha value is -4.43. The average molecular weight is 614 g/mol. The van der Waals surface area contributed by atoms with Gasteiger partial charge in [-0.15, -0.1) is 0 Å². The first-order valence-electron chi connectivity index (χ1n) is 15.1. The van der Waals surface area contributed by atoms with Gasteiger partial charge >= 0.3 is 0 Å². The highest BCUT2D eigenvalue weighted by Gasteiger charge is 2.37. The molecule has 4 aliphatic rings. The molecule has 0 saturated carbocycles. The van der Waals surface area contributed by atoms with Gasteiger partial charge in [0.15, 0.2) is 29.0 Å². The lowest BCUT2D eigenvalue weighted by Gasteiger charge is -2.40. The molecule has 3 aromatic rings. The standard InChI is InChI=1S/C37H34F3NO4/c1-37(2,3)24-7-5-21(6-8-24)19-43-36-28-18-41-12-11-23-16-32-33(45-20-44-32)17-26(23)35(41)27(25(28)9-10-31(36)42-4)13-22-14-29(38)34(40)30(39)15-22/h5-10,14-18,36H,11-13,19-20H2,1-4H3. The van der Waals surface area contributed by atoms with Crippen molar-refractivity contribution in [2.45, 2.75) is 51.7 Å². The number of halogens is 3. The highest BCUT2D eigenvalue weighted by Crippen LogP contribution is 2.48. The summed E-state index contributed by atoms with van der Waals surface area (Å²) in [5.74, 6) is -1.92. The summed E-state index contributed by atoms with van der Waals surface area (Å²) in [5.41, 5.74) is 8.18. The first kappa shape index (κ1) is 29.3. The van der Waals surface area contributed by atoms with Crippen molar-refractivity contribution in [3.8, 4) is 11.5 Å². The van der Waals surface area contributed by atoms with Crippen LogP contribution in [-0.4, -0.2) is 31.5 Å². The molecule has 3 heterocycles. The van der Waals surface area contributed by atoms with Gasteiger partial charge < -0.3 is 23.8 Å². The number of nitrogens with zero attached hydrogens (tertiary/aromatic N) is 1. The minimum atomic E-state index is -1.48. The summed E-state index contributed by atoms with van der Waals surface area (Å²) in [5, 5.41) is 0. The van der Waals surface area contributed by atoms with Crippen LogP contribution in [0, 0.1) is 17.5 Å². The summed E-state index contributed by atoms with van der Waals surface area (Å²) >= 11 is 0. The van der Waals surface area contributed by atoms with Crippen LogP contribution < -0.4 is 9.47 Å². The summed E-state index contributed by atoms with van der Waals surface area (Å²) in [7, 11) is 1.62. The number of allylic oxidation sites excluding steroid dienone is 3. The molecule has 45 heavy (non-hydrogen) atoms. The number of methoxy groups -OCH3 is 1. The lowest BCUT2D eigenvalue weighted by atomic mass is 9.79. The predicted octanol–water partition coefficient (Wildman–Crippen LogP) is 7.90. The normalized spacial score (nSPS) is 18.5. The molecule has 232 valence electrons. The first-order chi connectivity index (χ1) is 21.6. The Morgan fingerprint density at radius 2 is 1.62 bits per heavy atom. The van der Waals surface area contributed by atoms with Gasteiger partial charge in [-0.05, 0) is 75.6 Å². The molecule has 0 bridgehead atoms. The van der Waals surface area contributed by atoms with E-state index in [1.165, 1.54) is 5.56 Å². The number of benzene rings is 3. The maximum absolute atomic E-state index is 14.4. The Balaban J connectivity index is 1.30. The number of rotatable bonds is 6. The SMILES string of the molecule is COC1=CC=C2C(=CN3CCc4cc5c(cc4C3=C2Cc2cc(F)c(F)c(F)c2)OCO5)C1OCc1ccc(C(C)(C)C)cc1. The number of ether oxygens (including phenoxy) is 4. The van der Waals surface area contributed by atoms with Gasteiger partial charge in [-0.25, -0.2) is 13.2 Å². The second-order valence-electron chi connectivity index (χ2n) is 12.8. The monoisotopic (exact) mass is 613 g/mol. The number of fused-ring (bicyclic) bond motifs is 5. The Labute approximate surface area is 260 Å². The van der Waals surface area contributed by atoms with Crippen LogP contribution in [0.3, 0.4) is 0 Å². The number of hydrogen-bond donors (Lipinski definition) is 0. The molecule has 7 rings (SSSR count). The van der Waals surface area contributed by atoms with Crippen molar-refractivity contribution in [1.82, 2.24) is 4.90 Å². The van der Waals surface area contributed by atoms with Crippen molar-refractivity contribution in [2.75, 3.05) is 20.4 Å². The molecule has 0 saturated heterocycles. The summed E-state index contributed by atoms with van der Waals surface area (Å²) in [6.45, 7) is 7.72. The molecule has 1 unspecified atom stereocenters. The van der Waals surface area contributed by atoms with Crippen molar-refractivity contribution in [2.24, 2.45) is 0 Å². The number of hydrogen-bond acceptors (Lipinski definition) is 5. The fraction of sp³-hybridized carbons (Fsp3) is 0.297. The zero-order valence-corrected chi connectivity index (χ0v) is 25.7. The third-order valence-electron chi connectivity index (χ3n) is 8.83. The molecule has 0 fully saturated rings. The molecule has 1 atom stereocenters. The van der Waals surface area contributed by atoms with Crippen LogP contribution in [0.4, 0.5) is 13.2 Å². The quantitative estimate of drug-likeness (QED) is 0.265. The fourth-order valence-corrected chi connectivity index (χ4v) is 6.46. The van der Waals surface area contributed by atoms with Crippen molar-refractivity contribution < 1.29 is 32.1 Å². The average Bonchev–Trinajstić information content (AvgIpc) is 3.48. The van der Waals surface area contributed by atoms with E-state index in [9.17, 15) is 13.2 Å². The second kappa shape index (κ2) is 11.2. The van der Waals surface area contributed by atoms with Gasteiger partial charge in [-0.2, -0.15) is 0 Å². The fourth-order valence-electron chi connectivity index (χ4n) is 6.46. The van der Waals surface area contributed by atoms with E-state index < -0.39 is 23.6 Å². The lowest BCUT2D eigenvalue weighted by Crippen LogP contribution is -2.34. The zero-order valence-electron chi connectivity index (χ0n) is 25.7. The molecule has 0 N–H and O–H groups in total. The van der Waals surface area contributed by atoms with Crippen LogP contribution in [0.25, 0.3) is 5.70 Å². The third-order valence-corrected chi connectivity index (χ3v) is 8.83. The molecule has 0 radical (unpaired) electrons. The summed E-state index contributed by atoms with van der Waals surface area (Å²) < 4.78 is 66.5. The van der Waals surface area contributed by atoms with Crippen molar-refractivity contribution >= 4 is 5.70 Å². The molecule has 0 amide bonds. The van der Waals surface area contributed by atoms with E-state index in [0.717, 1.165) is 57.7 Å². The van der Waals surface area contributed by atoms with E-state index in [1.807, 2.05) is 24.3 Å². The minimum absolute atomic E-state index is 0.0460. The smallest absolute Gasteiger partial charge is 0.231 e. The molecular formula is C37H34F3NO4. The van der Waals surface area contributed by atoms with Crippen LogP contribution in [0.2, 0.25) is 0 Å². The second-order valence-corrected chi connectivity index (χ2v) is 12.8. The molecule has 5 nitrogen and oxygen atoms in total. The Bertz CT molecular complexity index is 1790. The largest absolute Gasteiger partial charge is 0.498 e. The van der Waals surface area contributed by atoms with E-state index in [4.69, 9.17) is 18.9 Å². The van der Waals surface area contributed by atoms with Crippen LogP contribution >= 0.6 is 0 Å². The van der Waals surface area contributed by atoms with Gasteiger partial charge in [0.1, 0.15) is 11.9 Å². The highest BCUT2D eigenvalue weighted by molar-refractivity contribution is 5.82. The molecule has 3 aliphatic heterocycles. The lowest BCUT2D eigenvalue weighted by molar-refractivity contribution is 0.0495. The van der Waals surface area contributed by atoms with Crippen LogP contribution in [-0.2, 0) is 34.3 Å². The van der Waals surface area contributed by atoms with Gasteiger partial charge in [-0.1, -0.05) is 51.1 Å². The van der Waals surface area contributed by atoms with Crippen molar-refractivity contribution in [3.63, 3.8) is 0 Å². The van der Waals surface area contributed by atoms with Crippen molar-refractivity contribution in [3.05, 3.63) is 135 Å². The van der Waals surface area contributed by atoms with Crippen LogP contribution in [0.5, 0.6) is 11.5 Å². The third kappa shape index (κ3) is 5.31. The van der Waals surface area contributed by atoms with E-state index in [2.05, 4.69) is 56.1 Å². The van der Waals surface area contributed by atoms with E-state index >= 15 is 0 Å². The Kier molecular flexibility index (Phi) is 7.28. The zero-order chi connectivity index (χ0) is 31.5. The van der Waals surface area contributed by atoms with Gasteiger partial charge in [0.2, 0.25) is 6.79 Å². The van der Waals surface area contributed by atoms with Crippen LogP contribution in [0.15, 0.2) is 89.4 Å². The van der Waals surface area contributed by atoms with E-state index in [0.29, 0.717) is 36.0 Å². The van der Waals surface area contributed by atoms with E-state index in [-0.39, 0.29) is 18.6 Å². The van der Waals surface area contributed by atoms with Gasteiger partial charge in [0.25, 0.3) is 0 Å². The summed E-state index contributed by atoms with van der Waals surface area (Å²) in [6, 6.07) is 14.5. The predicted molar refractivity (Wildman–Crippen MR) is 165 cm³/mol. The summed E-state index contributed by atoms with van der Waals surface area (Å²) in [6.07, 6.45) is 6.32. The highest BCUT2D eigenvalue weighted by atomic mass is 19.2. The van der Waals surface area contributed by atoms with Gasteiger partial charge in [0, 0.05) is 30.3 Å². The van der Waals surface area contributed by atoms with Crippen molar-refractivity contribution in [1.29, 1.82) is 0 Å². The maximum atomic E-state index is 14.4. The van der Waals surface area contributed by atoms with Crippen LogP contribution in [0.1, 0.15) is 48.6 Å². The van der Waals surface area contributed by atoms with Gasteiger partial charge in [0.05, 0.1) is 19.4 Å². The molecule has 0 aromatic heterocycles. The topological polar surface area (TPSA) is 40.2 Å². The Morgan fingerprint density at radius 1 is 0.911 bits per heavy atom. The van der Waals surface area contributed by atoms with Gasteiger partial charge in [-0.3, -0.25) is 0 Å². The molecule has 0 spiro atoms. The summed E-state index contributed by atoms with van der Waals surface area (Å²) in [4.78, 5) is 2.16. The Morgan fingerprint density at radius 3 is 2.31 bits per heavy atom. The first-order valence-corrected chi connectivity index (χ1v) is 15.1. The molecule has 8 heteroatoms. The van der Waals surface area contributed by atoms with E-state index in [1.54, 1.807) is 7.11 Å².